The Hall–Kier alpha value is -2.94. The zero-order valence-electron chi connectivity index (χ0n) is 12.4. The van der Waals surface area contributed by atoms with Crippen LogP contribution in [0, 0.1) is 36.7 Å². The maximum absolute atomic E-state index is 14.2. The van der Waals surface area contributed by atoms with E-state index in [1.807, 2.05) is 0 Å². The summed E-state index contributed by atoms with van der Waals surface area (Å²) in [5.41, 5.74) is -0.371. The quantitative estimate of drug-likeness (QED) is 0.851. The van der Waals surface area contributed by atoms with Gasteiger partial charge in [0.1, 0.15) is 5.82 Å². The van der Waals surface area contributed by atoms with E-state index in [0.29, 0.717) is 5.56 Å². The number of carbonyl (C=O) groups excluding carboxylic acids is 1. The van der Waals surface area contributed by atoms with E-state index in [2.05, 4.69) is 16.6 Å². The van der Waals surface area contributed by atoms with Gasteiger partial charge >= 0.3 is 0 Å². The Balaban J connectivity index is 2.67. The lowest BCUT2D eigenvalue weighted by Gasteiger charge is -2.15. The molecule has 2 rings (SSSR count). The van der Waals surface area contributed by atoms with E-state index in [-0.39, 0.29) is 16.8 Å². The highest BCUT2D eigenvalue weighted by atomic mass is 19.2. The summed E-state index contributed by atoms with van der Waals surface area (Å²) in [6.45, 7) is 1.68. The average molecular weight is 318 g/mol. The highest BCUT2D eigenvalue weighted by Crippen LogP contribution is 2.30. The molecular formula is C17H13F3N2O. The minimum Gasteiger partial charge on any atom is -0.355 e. The van der Waals surface area contributed by atoms with Crippen molar-refractivity contribution in [1.29, 1.82) is 0 Å². The van der Waals surface area contributed by atoms with E-state index in [1.54, 1.807) is 13.0 Å². The van der Waals surface area contributed by atoms with Crippen LogP contribution in [0.1, 0.15) is 21.5 Å². The predicted octanol–water partition coefficient (Wildman–Crippen LogP) is 3.50. The van der Waals surface area contributed by atoms with E-state index in [0.717, 1.165) is 6.07 Å². The third-order valence-corrected chi connectivity index (χ3v) is 3.21. The van der Waals surface area contributed by atoms with E-state index >= 15 is 0 Å². The molecule has 2 N–H and O–H groups in total. The van der Waals surface area contributed by atoms with Crippen molar-refractivity contribution in [2.75, 3.05) is 12.4 Å². The topological polar surface area (TPSA) is 41.1 Å². The fourth-order valence-electron chi connectivity index (χ4n) is 2.07. The summed E-state index contributed by atoms with van der Waals surface area (Å²) >= 11 is 0. The van der Waals surface area contributed by atoms with Crippen LogP contribution in [0.15, 0.2) is 24.3 Å². The van der Waals surface area contributed by atoms with Gasteiger partial charge in [-0.1, -0.05) is 12.0 Å². The maximum atomic E-state index is 14.2. The lowest BCUT2D eigenvalue weighted by molar-refractivity contribution is 0.0963. The fraction of sp³-hybridized carbons (Fsp3) is 0.118. The molecule has 0 unspecified atom stereocenters. The van der Waals surface area contributed by atoms with Gasteiger partial charge in [0.25, 0.3) is 5.91 Å². The number of carbonyl (C=O) groups is 1. The van der Waals surface area contributed by atoms with Gasteiger partial charge < -0.3 is 10.6 Å². The Labute approximate surface area is 131 Å². The molecule has 0 saturated carbocycles. The largest absolute Gasteiger partial charge is 0.355 e. The number of aryl methyl sites for hydroxylation is 1. The number of nitrogens with one attached hydrogen (secondary N) is 2. The Morgan fingerprint density at radius 3 is 2.43 bits per heavy atom. The van der Waals surface area contributed by atoms with Crippen LogP contribution in [0.25, 0.3) is 0 Å². The van der Waals surface area contributed by atoms with Crippen molar-refractivity contribution in [2.24, 2.45) is 0 Å². The Kier molecular flexibility index (Phi) is 4.60. The Bertz CT molecular complexity index is 826. The number of anilines is 2. The first-order valence-electron chi connectivity index (χ1n) is 6.63. The first-order chi connectivity index (χ1) is 10.9. The third-order valence-electron chi connectivity index (χ3n) is 3.21. The standard InChI is InChI=1S/C17H13F3N2O/c1-4-10-8-12(19)15(20)16(14(10)17(23)21-3)22-13-6-5-9(2)7-11(13)18/h1,5-8,22H,2-3H3,(H,21,23). The SMILES string of the molecule is C#Cc1cc(F)c(F)c(Nc2ccc(C)cc2F)c1C(=O)NC. The van der Waals surface area contributed by atoms with Crippen LogP contribution in [0.5, 0.6) is 0 Å². The Morgan fingerprint density at radius 2 is 1.87 bits per heavy atom. The van der Waals surface area contributed by atoms with Crippen LogP contribution < -0.4 is 10.6 Å². The summed E-state index contributed by atoms with van der Waals surface area (Å²) in [4.78, 5) is 12.0. The molecule has 0 radical (unpaired) electrons. The number of halogens is 3. The lowest BCUT2D eigenvalue weighted by Crippen LogP contribution is -2.22. The molecule has 1 amide bonds. The van der Waals surface area contributed by atoms with Crippen molar-refractivity contribution in [1.82, 2.24) is 5.32 Å². The first kappa shape index (κ1) is 16.4. The van der Waals surface area contributed by atoms with Gasteiger partial charge in [-0.25, -0.2) is 13.2 Å². The van der Waals surface area contributed by atoms with Crippen molar-refractivity contribution >= 4 is 17.3 Å². The first-order valence-corrected chi connectivity index (χ1v) is 6.63. The normalized spacial score (nSPS) is 10.1. The van der Waals surface area contributed by atoms with Crippen molar-refractivity contribution < 1.29 is 18.0 Å². The molecule has 0 aliphatic carbocycles. The second kappa shape index (κ2) is 6.44. The van der Waals surface area contributed by atoms with Crippen LogP contribution in [0.4, 0.5) is 24.5 Å². The van der Waals surface area contributed by atoms with Crippen LogP contribution >= 0.6 is 0 Å². The number of hydrogen-bond donors (Lipinski definition) is 2. The molecule has 0 aliphatic heterocycles. The van der Waals surface area contributed by atoms with Gasteiger partial charge in [-0.2, -0.15) is 0 Å². The van der Waals surface area contributed by atoms with E-state index in [9.17, 15) is 18.0 Å². The molecule has 0 spiro atoms. The molecule has 118 valence electrons. The van der Waals surface area contributed by atoms with Crippen molar-refractivity contribution in [3.05, 3.63) is 58.4 Å². The molecule has 0 saturated heterocycles. The molecule has 0 aliphatic rings. The van der Waals surface area contributed by atoms with E-state index < -0.39 is 29.0 Å². The zero-order valence-corrected chi connectivity index (χ0v) is 12.4. The smallest absolute Gasteiger partial charge is 0.254 e. The predicted molar refractivity (Wildman–Crippen MR) is 82.1 cm³/mol. The molecule has 0 bridgehead atoms. The van der Waals surface area contributed by atoms with Gasteiger partial charge in [-0.05, 0) is 30.7 Å². The van der Waals surface area contributed by atoms with E-state index in [4.69, 9.17) is 6.42 Å². The minimum absolute atomic E-state index is 0.103. The van der Waals surface area contributed by atoms with Crippen LogP contribution in [-0.4, -0.2) is 13.0 Å². The number of terminal acetylenes is 1. The second-order valence-corrected chi connectivity index (χ2v) is 4.80. The van der Waals surface area contributed by atoms with Crippen LogP contribution in [0.2, 0.25) is 0 Å². The van der Waals surface area contributed by atoms with Gasteiger partial charge in [-0.15, -0.1) is 6.42 Å². The van der Waals surface area contributed by atoms with Crippen LogP contribution in [-0.2, 0) is 0 Å². The number of hydrogen-bond acceptors (Lipinski definition) is 2. The van der Waals surface area contributed by atoms with Crippen LogP contribution in [0.3, 0.4) is 0 Å². The molecule has 0 fully saturated rings. The van der Waals surface area contributed by atoms with Gasteiger partial charge in [0.2, 0.25) is 0 Å². The maximum Gasteiger partial charge on any atom is 0.254 e. The average Bonchev–Trinajstić information content (AvgIpc) is 2.53. The summed E-state index contributed by atoms with van der Waals surface area (Å²) in [7, 11) is 1.32. The summed E-state index contributed by atoms with van der Waals surface area (Å²) in [5, 5.41) is 4.72. The highest BCUT2D eigenvalue weighted by Gasteiger charge is 2.23. The molecule has 0 atom stereocenters. The molecule has 0 aromatic heterocycles. The second-order valence-electron chi connectivity index (χ2n) is 4.80. The summed E-state index contributed by atoms with van der Waals surface area (Å²) < 4.78 is 41.8. The summed E-state index contributed by atoms with van der Waals surface area (Å²) in [6, 6.07) is 4.92. The van der Waals surface area contributed by atoms with Crippen molar-refractivity contribution in [2.45, 2.75) is 6.92 Å². The molecule has 3 nitrogen and oxygen atoms in total. The summed E-state index contributed by atoms with van der Waals surface area (Å²) in [5.74, 6) is -1.81. The van der Waals surface area contributed by atoms with E-state index in [1.165, 1.54) is 19.2 Å². The molecule has 23 heavy (non-hydrogen) atoms. The van der Waals surface area contributed by atoms with Gasteiger partial charge in [0.15, 0.2) is 11.6 Å². The molecular weight excluding hydrogens is 305 g/mol. The number of benzene rings is 2. The van der Waals surface area contributed by atoms with Gasteiger partial charge in [-0.3, -0.25) is 4.79 Å². The number of rotatable bonds is 3. The number of amides is 1. The van der Waals surface area contributed by atoms with Crippen molar-refractivity contribution in [3.63, 3.8) is 0 Å². The minimum atomic E-state index is -1.32. The van der Waals surface area contributed by atoms with Crippen molar-refractivity contribution in [3.8, 4) is 12.3 Å². The highest BCUT2D eigenvalue weighted by molar-refractivity contribution is 6.02. The Morgan fingerprint density at radius 1 is 1.17 bits per heavy atom. The molecule has 0 heterocycles. The monoisotopic (exact) mass is 318 g/mol. The third kappa shape index (κ3) is 3.14. The summed E-state index contributed by atoms with van der Waals surface area (Å²) in [6.07, 6.45) is 5.25. The lowest BCUT2D eigenvalue weighted by atomic mass is 10.0. The van der Waals surface area contributed by atoms with Gasteiger partial charge in [0.05, 0.1) is 16.9 Å². The van der Waals surface area contributed by atoms with Gasteiger partial charge in [0, 0.05) is 12.6 Å². The zero-order chi connectivity index (χ0) is 17.1. The fourth-order valence-corrected chi connectivity index (χ4v) is 2.07. The molecule has 2 aromatic carbocycles. The molecule has 6 heteroatoms. The molecule has 2 aromatic rings.